The number of carbonyl (C=O) groups excluding carboxylic acids is 2. The van der Waals surface area contributed by atoms with Crippen LogP contribution >= 0.6 is 0 Å². The Bertz CT molecular complexity index is 113. The van der Waals surface area contributed by atoms with E-state index in [0.29, 0.717) is 6.29 Å². The highest BCUT2D eigenvalue weighted by Crippen LogP contribution is 1.75. The van der Waals surface area contributed by atoms with E-state index < -0.39 is 12.1 Å². The number of ether oxygens (including phenoxy) is 1. The number of aldehydes is 1. The molecule has 0 fully saturated rings. The van der Waals surface area contributed by atoms with E-state index in [4.69, 9.17) is 0 Å². The van der Waals surface area contributed by atoms with Crippen LogP contribution in [0.1, 0.15) is 6.92 Å². The molecule has 0 aliphatic heterocycles. The number of alkyl carbamates (subject to hydrolysis) is 1. The minimum atomic E-state index is -0.588. The second kappa shape index (κ2) is 3.88. The van der Waals surface area contributed by atoms with Gasteiger partial charge >= 0.3 is 6.09 Å². The number of hydrogen-bond acceptors (Lipinski definition) is 3. The van der Waals surface area contributed by atoms with E-state index in [-0.39, 0.29) is 0 Å². The summed E-state index contributed by atoms with van der Waals surface area (Å²) in [5, 5.41) is 2.25. The summed E-state index contributed by atoms with van der Waals surface area (Å²) in [5.41, 5.74) is 0. The van der Waals surface area contributed by atoms with Crippen LogP contribution in [0.2, 0.25) is 0 Å². The molecule has 4 heteroatoms. The molecule has 1 N–H and O–H groups in total. The van der Waals surface area contributed by atoms with Crippen molar-refractivity contribution in [1.82, 2.24) is 5.32 Å². The Labute approximate surface area is 53.2 Å². The lowest BCUT2D eigenvalue weighted by atomic mass is 10.4. The smallest absolute Gasteiger partial charge is 0.407 e. The summed E-state index contributed by atoms with van der Waals surface area (Å²) < 4.78 is 4.21. The first kappa shape index (κ1) is 7.94. The van der Waals surface area contributed by atoms with Crippen LogP contribution in [0.15, 0.2) is 0 Å². The van der Waals surface area contributed by atoms with E-state index in [1.165, 1.54) is 7.11 Å². The SMILES string of the molecule is COC(=O)NC(C)C=O. The molecule has 0 radical (unpaired) electrons. The molecule has 0 aromatic heterocycles. The summed E-state index contributed by atoms with van der Waals surface area (Å²) >= 11 is 0. The predicted octanol–water partition coefficient (Wildman–Crippen LogP) is -0.0702. The number of amides is 1. The molecule has 0 aliphatic carbocycles. The minimum absolute atomic E-state index is 0.475. The maximum atomic E-state index is 10.3. The van der Waals surface area contributed by atoms with E-state index in [1.54, 1.807) is 6.92 Å². The Kier molecular flexibility index (Phi) is 3.43. The van der Waals surface area contributed by atoms with Crippen molar-refractivity contribution in [2.45, 2.75) is 13.0 Å². The van der Waals surface area contributed by atoms with Gasteiger partial charge in [-0.1, -0.05) is 0 Å². The third kappa shape index (κ3) is 3.52. The molecule has 9 heavy (non-hydrogen) atoms. The second-order valence-electron chi connectivity index (χ2n) is 1.56. The lowest BCUT2D eigenvalue weighted by molar-refractivity contribution is -0.109. The molecular formula is C5H9NO3. The van der Waals surface area contributed by atoms with Gasteiger partial charge in [0.25, 0.3) is 0 Å². The zero-order valence-corrected chi connectivity index (χ0v) is 5.38. The first-order valence-electron chi connectivity index (χ1n) is 2.50. The van der Waals surface area contributed by atoms with Crippen molar-refractivity contribution < 1.29 is 14.3 Å². The quantitative estimate of drug-likeness (QED) is 0.534. The van der Waals surface area contributed by atoms with Crippen molar-refractivity contribution in [2.24, 2.45) is 0 Å². The molecule has 4 nitrogen and oxygen atoms in total. The van der Waals surface area contributed by atoms with Crippen LogP contribution < -0.4 is 5.32 Å². The number of nitrogens with one attached hydrogen (secondary N) is 1. The van der Waals surface area contributed by atoms with Crippen molar-refractivity contribution in [2.75, 3.05) is 7.11 Å². The van der Waals surface area contributed by atoms with E-state index in [1.807, 2.05) is 0 Å². The molecular weight excluding hydrogens is 122 g/mol. The average Bonchev–Trinajstić information content (AvgIpc) is 1.87. The van der Waals surface area contributed by atoms with Crippen LogP contribution in [0.3, 0.4) is 0 Å². The van der Waals surface area contributed by atoms with Crippen LogP contribution in [0.5, 0.6) is 0 Å². The minimum Gasteiger partial charge on any atom is -0.453 e. The highest BCUT2D eigenvalue weighted by molar-refractivity contribution is 5.72. The van der Waals surface area contributed by atoms with E-state index in [0.717, 1.165) is 0 Å². The first-order chi connectivity index (χ1) is 4.20. The van der Waals surface area contributed by atoms with E-state index in [9.17, 15) is 9.59 Å². The number of carbonyl (C=O) groups is 2. The maximum absolute atomic E-state index is 10.3. The van der Waals surface area contributed by atoms with Gasteiger partial charge in [-0.15, -0.1) is 0 Å². The zero-order chi connectivity index (χ0) is 7.28. The lowest BCUT2D eigenvalue weighted by Gasteiger charge is -2.03. The highest BCUT2D eigenvalue weighted by atomic mass is 16.5. The Balaban J connectivity index is 3.46. The Hall–Kier alpha value is -1.06. The molecule has 0 aliphatic rings. The number of hydrogen-bond donors (Lipinski definition) is 1. The summed E-state index contributed by atoms with van der Waals surface area (Å²) in [5.74, 6) is 0. The topological polar surface area (TPSA) is 55.4 Å². The van der Waals surface area contributed by atoms with Crippen LogP contribution in [0.25, 0.3) is 0 Å². The molecule has 1 atom stereocenters. The molecule has 0 aromatic carbocycles. The molecule has 0 saturated heterocycles. The fraction of sp³-hybridized carbons (Fsp3) is 0.600. The largest absolute Gasteiger partial charge is 0.453 e. The van der Waals surface area contributed by atoms with Crippen molar-refractivity contribution in [1.29, 1.82) is 0 Å². The summed E-state index contributed by atoms with van der Waals surface area (Å²) in [6.45, 7) is 1.56. The van der Waals surface area contributed by atoms with Crippen molar-refractivity contribution in [3.63, 3.8) is 0 Å². The van der Waals surface area contributed by atoms with Crippen LogP contribution in [-0.4, -0.2) is 25.5 Å². The van der Waals surface area contributed by atoms with Crippen molar-refractivity contribution >= 4 is 12.4 Å². The monoisotopic (exact) mass is 131 g/mol. The molecule has 52 valence electrons. The third-order valence-electron chi connectivity index (χ3n) is 0.735. The molecule has 0 saturated carbocycles. The summed E-state index contributed by atoms with van der Waals surface area (Å²) in [4.78, 5) is 20.2. The fourth-order valence-corrected chi connectivity index (χ4v) is 0.279. The lowest BCUT2D eigenvalue weighted by Crippen LogP contribution is -2.33. The van der Waals surface area contributed by atoms with Crippen molar-refractivity contribution in [3.05, 3.63) is 0 Å². The van der Waals surface area contributed by atoms with Gasteiger partial charge in [0.05, 0.1) is 13.2 Å². The Morgan fingerprint density at radius 1 is 1.78 bits per heavy atom. The van der Waals surface area contributed by atoms with E-state index >= 15 is 0 Å². The molecule has 0 heterocycles. The van der Waals surface area contributed by atoms with Crippen LogP contribution in [0.4, 0.5) is 4.79 Å². The molecule has 1 unspecified atom stereocenters. The second-order valence-corrected chi connectivity index (χ2v) is 1.56. The van der Waals surface area contributed by atoms with Gasteiger partial charge < -0.3 is 14.8 Å². The normalized spacial score (nSPS) is 11.8. The van der Waals surface area contributed by atoms with Crippen molar-refractivity contribution in [3.8, 4) is 0 Å². The maximum Gasteiger partial charge on any atom is 0.407 e. The van der Waals surface area contributed by atoms with Gasteiger partial charge in [0.2, 0.25) is 0 Å². The van der Waals surface area contributed by atoms with Gasteiger partial charge in [0, 0.05) is 0 Å². The van der Waals surface area contributed by atoms with Gasteiger partial charge in [-0.2, -0.15) is 0 Å². The van der Waals surface area contributed by atoms with E-state index in [2.05, 4.69) is 10.1 Å². The van der Waals surface area contributed by atoms with Crippen LogP contribution in [0, 0.1) is 0 Å². The van der Waals surface area contributed by atoms with Gasteiger partial charge in [-0.3, -0.25) is 0 Å². The number of methoxy groups -OCH3 is 1. The zero-order valence-electron chi connectivity index (χ0n) is 5.38. The fourth-order valence-electron chi connectivity index (χ4n) is 0.279. The van der Waals surface area contributed by atoms with Gasteiger partial charge in [0.1, 0.15) is 6.29 Å². The third-order valence-corrected chi connectivity index (χ3v) is 0.735. The highest BCUT2D eigenvalue weighted by Gasteiger charge is 2.02. The molecule has 0 bridgehead atoms. The van der Waals surface area contributed by atoms with Gasteiger partial charge in [-0.05, 0) is 6.92 Å². The standard InChI is InChI=1S/C5H9NO3/c1-4(3-7)6-5(8)9-2/h3-4H,1-2H3,(H,6,8). The summed E-state index contributed by atoms with van der Waals surface area (Å²) in [6.07, 6.45) is 0.0336. The predicted molar refractivity (Wildman–Crippen MR) is 31.1 cm³/mol. The Morgan fingerprint density at radius 2 is 2.33 bits per heavy atom. The molecule has 0 rings (SSSR count). The van der Waals surface area contributed by atoms with Gasteiger partial charge in [0.15, 0.2) is 0 Å². The average molecular weight is 131 g/mol. The summed E-state index contributed by atoms with van der Waals surface area (Å²) in [7, 11) is 1.24. The number of rotatable bonds is 2. The molecule has 0 aromatic rings. The molecule has 1 amide bonds. The summed E-state index contributed by atoms with van der Waals surface area (Å²) in [6, 6.07) is -0.475. The van der Waals surface area contributed by atoms with Crippen LogP contribution in [-0.2, 0) is 9.53 Å². The Morgan fingerprint density at radius 3 is 2.67 bits per heavy atom. The molecule has 0 spiro atoms. The first-order valence-corrected chi connectivity index (χ1v) is 2.50. The van der Waals surface area contributed by atoms with Gasteiger partial charge in [-0.25, -0.2) is 4.79 Å².